The zero-order valence-electron chi connectivity index (χ0n) is 12.4. The van der Waals surface area contributed by atoms with Gasteiger partial charge in [-0.25, -0.2) is 4.39 Å². The maximum atomic E-state index is 13.7. The van der Waals surface area contributed by atoms with E-state index >= 15 is 0 Å². The van der Waals surface area contributed by atoms with Gasteiger partial charge in [0.1, 0.15) is 24.1 Å². The summed E-state index contributed by atoms with van der Waals surface area (Å²) in [5.41, 5.74) is -0.434. The van der Waals surface area contributed by atoms with Crippen molar-refractivity contribution in [3.8, 4) is 0 Å². The van der Waals surface area contributed by atoms with Gasteiger partial charge in [-0.05, 0) is 19.1 Å². The molecule has 23 heavy (non-hydrogen) atoms. The molecule has 7 heteroatoms. The molecular weight excluding hydrogens is 305 g/mol. The Morgan fingerprint density at radius 1 is 1.35 bits per heavy atom. The number of ether oxygens (including phenoxy) is 1. The average Bonchev–Trinajstić information content (AvgIpc) is 2.75. The van der Waals surface area contributed by atoms with Crippen LogP contribution in [0.2, 0.25) is 0 Å². The SMILES string of the molecule is C=CCOC(=O)C(CN1C(=O)c2cccc(F)c2C1=O)C(C)=O. The minimum atomic E-state index is -1.32. The van der Waals surface area contributed by atoms with Crippen molar-refractivity contribution >= 4 is 23.6 Å². The van der Waals surface area contributed by atoms with E-state index in [-0.39, 0.29) is 17.7 Å². The molecular formula is C16H14FNO5. The Hall–Kier alpha value is -2.83. The maximum absolute atomic E-state index is 13.7. The number of ketones is 1. The highest BCUT2D eigenvalue weighted by Crippen LogP contribution is 2.26. The Kier molecular flexibility index (Phi) is 4.68. The second-order valence-corrected chi connectivity index (χ2v) is 4.97. The summed E-state index contributed by atoms with van der Waals surface area (Å²) in [4.78, 5) is 48.6. The van der Waals surface area contributed by atoms with Crippen molar-refractivity contribution in [1.82, 2.24) is 4.90 Å². The number of esters is 1. The molecule has 1 unspecified atom stereocenters. The fraction of sp³-hybridized carbons (Fsp3) is 0.250. The van der Waals surface area contributed by atoms with Crippen molar-refractivity contribution in [2.24, 2.45) is 5.92 Å². The molecule has 1 heterocycles. The van der Waals surface area contributed by atoms with Gasteiger partial charge in [-0.1, -0.05) is 18.7 Å². The predicted octanol–water partition coefficient (Wildman–Crippen LogP) is 1.36. The van der Waals surface area contributed by atoms with Crippen molar-refractivity contribution in [1.29, 1.82) is 0 Å². The first kappa shape index (κ1) is 16.5. The fourth-order valence-corrected chi connectivity index (χ4v) is 2.25. The molecule has 1 aromatic rings. The average molecular weight is 319 g/mol. The van der Waals surface area contributed by atoms with E-state index in [9.17, 15) is 23.6 Å². The zero-order valence-corrected chi connectivity index (χ0v) is 12.4. The molecule has 1 aliphatic heterocycles. The molecule has 0 spiro atoms. The highest BCUT2D eigenvalue weighted by Gasteiger charge is 2.41. The van der Waals surface area contributed by atoms with Crippen LogP contribution in [0.1, 0.15) is 27.6 Å². The van der Waals surface area contributed by atoms with Crippen molar-refractivity contribution in [2.45, 2.75) is 6.92 Å². The van der Waals surface area contributed by atoms with Crippen LogP contribution in [-0.4, -0.2) is 41.6 Å². The third-order valence-corrected chi connectivity index (χ3v) is 3.43. The van der Waals surface area contributed by atoms with Crippen LogP contribution >= 0.6 is 0 Å². The highest BCUT2D eigenvalue weighted by molar-refractivity contribution is 6.21. The molecule has 0 radical (unpaired) electrons. The Morgan fingerprint density at radius 3 is 2.61 bits per heavy atom. The van der Waals surface area contributed by atoms with Crippen LogP contribution in [0.15, 0.2) is 30.9 Å². The Bertz CT molecular complexity index is 712. The summed E-state index contributed by atoms with van der Waals surface area (Å²) in [7, 11) is 0. The molecule has 0 aliphatic carbocycles. The number of Topliss-reactive ketones (excluding diaryl/α,β-unsaturated/α-hetero) is 1. The number of imide groups is 1. The number of nitrogens with zero attached hydrogens (tertiary/aromatic N) is 1. The van der Waals surface area contributed by atoms with Crippen LogP contribution in [0, 0.1) is 11.7 Å². The van der Waals surface area contributed by atoms with Crippen LogP contribution in [0.5, 0.6) is 0 Å². The minimum absolute atomic E-state index is 0.0863. The van der Waals surface area contributed by atoms with Crippen LogP contribution in [0.3, 0.4) is 0 Å². The van der Waals surface area contributed by atoms with E-state index in [4.69, 9.17) is 4.74 Å². The summed E-state index contributed by atoms with van der Waals surface area (Å²) >= 11 is 0. The standard InChI is InChI=1S/C16H14FNO5/c1-3-7-23-16(22)11(9(2)19)8-18-14(20)10-5-4-6-12(17)13(10)15(18)21/h3-6,11H,1,7-8H2,2H3. The largest absolute Gasteiger partial charge is 0.461 e. The molecule has 1 atom stereocenters. The lowest BCUT2D eigenvalue weighted by molar-refractivity contribution is -0.150. The lowest BCUT2D eigenvalue weighted by atomic mass is 10.1. The van der Waals surface area contributed by atoms with Gasteiger partial charge < -0.3 is 4.74 Å². The van der Waals surface area contributed by atoms with Crippen LogP contribution < -0.4 is 0 Å². The van der Waals surface area contributed by atoms with Crippen LogP contribution in [0.4, 0.5) is 4.39 Å². The van der Waals surface area contributed by atoms with Gasteiger partial charge in [0.2, 0.25) is 0 Å². The molecule has 1 aliphatic rings. The number of carbonyl (C=O) groups is 4. The molecule has 0 N–H and O–H groups in total. The molecule has 0 fully saturated rings. The van der Waals surface area contributed by atoms with E-state index < -0.39 is 41.8 Å². The van der Waals surface area contributed by atoms with Gasteiger partial charge in [0.15, 0.2) is 0 Å². The van der Waals surface area contributed by atoms with Gasteiger partial charge in [-0.2, -0.15) is 0 Å². The number of rotatable bonds is 6. The summed E-state index contributed by atoms with van der Waals surface area (Å²) in [6.45, 7) is 3.94. The monoisotopic (exact) mass is 319 g/mol. The van der Waals surface area contributed by atoms with Crippen LogP contribution in [-0.2, 0) is 14.3 Å². The first-order chi connectivity index (χ1) is 10.9. The number of benzene rings is 1. The summed E-state index contributed by atoms with van der Waals surface area (Å²) in [5.74, 6) is -5.18. The quantitative estimate of drug-likeness (QED) is 0.342. The van der Waals surface area contributed by atoms with E-state index in [1.54, 1.807) is 0 Å². The number of amides is 2. The van der Waals surface area contributed by atoms with E-state index in [1.807, 2.05) is 0 Å². The molecule has 1 aromatic carbocycles. The topological polar surface area (TPSA) is 80.8 Å². The lowest BCUT2D eigenvalue weighted by Crippen LogP contribution is -2.40. The summed E-state index contributed by atoms with van der Waals surface area (Å²) in [6.07, 6.45) is 1.33. The summed E-state index contributed by atoms with van der Waals surface area (Å²) in [6, 6.07) is 3.69. The molecule has 0 saturated carbocycles. The first-order valence-corrected chi connectivity index (χ1v) is 6.81. The van der Waals surface area contributed by atoms with Gasteiger partial charge in [-0.3, -0.25) is 24.1 Å². The molecule has 0 aromatic heterocycles. The molecule has 2 amide bonds. The van der Waals surface area contributed by atoms with E-state index in [2.05, 4.69) is 6.58 Å². The third kappa shape index (κ3) is 3.03. The molecule has 120 valence electrons. The van der Waals surface area contributed by atoms with Crippen molar-refractivity contribution in [3.05, 3.63) is 47.8 Å². The number of hydrogen-bond acceptors (Lipinski definition) is 5. The molecule has 6 nitrogen and oxygen atoms in total. The van der Waals surface area contributed by atoms with Gasteiger partial charge in [0.05, 0.1) is 11.1 Å². The molecule has 0 saturated heterocycles. The lowest BCUT2D eigenvalue weighted by Gasteiger charge is -2.19. The van der Waals surface area contributed by atoms with E-state index in [0.29, 0.717) is 4.90 Å². The number of halogens is 1. The Morgan fingerprint density at radius 2 is 2.04 bits per heavy atom. The smallest absolute Gasteiger partial charge is 0.318 e. The van der Waals surface area contributed by atoms with Gasteiger partial charge in [-0.15, -0.1) is 0 Å². The van der Waals surface area contributed by atoms with Crippen LogP contribution in [0.25, 0.3) is 0 Å². The fourth-order valence-electron chi connectivity index (χ4n) is 2.25. The number of carbonyl (C=O) groups excluding carboxylic acids is 4. The molecule has 0 bridgehead atoms. The third-order valence-electron chi connectivity index (χ3n) is 3.43. The summed E-state index contributed by atoms with van der Waals surface area (Å²) < 4.78 is 18.5. The minimum Gasteiger partial charge on any atom is -0.461 e. The second kappa shape index (κ2) is 6.51. The second-order valence-electron chi connectivity index (χ2n) is 4.97. The highest BCUT2D eigenvalue weighted by atomic mass is 19.1. The van der Waals surface area contributed by atoms with Gasteiger partial charge >= 0.3 is 5.97 Å². The van der Waals surface area contributed by atoms with Crippen molar-refractivity contribution < 1.29 is 28.3 Å². The Balaban J connectivity index is 2.25. The first-order valence-electron chi connectivity index (χ1n) is 6.81. The number of hydrogen-bond donors (Lipinski definition) is 0. The zero-order chi connectivity index (χ0) is 17.1. The maximum Gasteiger partial charge on any atom is 0.318 e. The Labute approximate surface area is 131 Å². The predicted molar refractivity (Wildman–Crippen MR) is 77.1 cm³/mol. The van der Waals surface area contributed by atoms with Crippen molar-refractivity contribution in [3.63, 3.8) is 0 Å². The normalized spacial score (nSPS) is 14.4. The van der Waals surface area contributed by atoms with E-state index in [1.165, 1.54) is 18.2 Å². The van der Waals surface area contributed by atoms with E-state index in [0.717, 1.165) is 13.0 Å². The molecule has 2 rings (SSSR count). The number of fused-ring (bicyclic) bond motifs is 1. The van der Waals surface area contributed by atoms with Crippen molar-refractivity contribution in [2.75, 3.05) is 13.2 Å². The van der Waals surface area contributed by atoms with Gasteiger partial charge in [0, 0.05) is 6.54 Å². The van der Waals surface area contributed by atoms with Gasteiger partial charge in [0.25, 0.3) is 11.8 Å². The summed E-state index contributed by atoms with van der Waals surface area (Å²) in [5, 5.41) is 0.